The fraction of sp³-hybridized carbons (Fsp3) is 0.500. The van der Waals surface area contributed by atoms with Gasteiger partial charge in [0.05, 0.1) is 18.8 Å². The van der Waals surface area contributed by atoms with Gasteiger partial charge in [0.25, 0.3) is 0 Å². The molecule has 2 fully saturated rings. The fourth-order valence-corrected chi connectivity index (χ4v) is 4.20. The Morgan fingerprint density at radius 2 is 2.15 bits per heavy atom. The van der Waals surface area contributed by atoms with Crippen molar-refractivity contribution in [3.63, 3.8) is 0 Å². The topological polar surface area (TPSA) is 75.0 Å². The van der Waals surface area contributed by atoms with E-state index >= 15 is 0 Å². The molecule has 4 rings (SSSR count). The zero-order chi connectivity index (χ0) is 19.2. The molecule has 1 aromatic carbocycles. The molecule has 1 atom stereocenters. The maximum Gasteiger partial charge on any atom is 0.410 e. The number of urea groups is 1. The summed E-state index contributed by atoms with van der Waals surface area (Å²) in [6, 6.07) is 5.59. The van der Waals surface area contributed by atoms with E-state index in [-0.39, 0.29) is 12.1 Å². The number of carbonyl (C=O) groups excluding carboxylic acids is 2. The molecule has 0 unspecified atom stereocenters. The summed E-state index contributed by atoms with van der Waals surface area (Å²) in [4.78, 5) is 28.0. The van der Waals surface area contributed by atoms with Crippen LogP contribution < -0.4 is 5.32 Å². The summed E-state index contributed by atoms with van der Waals surface area (Å²) in [6.45, 7) is 5.65. The fourth-order valence-electron chi connectivity index (χ4n) is 4.20. The first-order chi connectivity index (χ1) is 12.9. The molecule has 2 aliphatic rings. The van der Waals surface area contributed by atoms with Crippen LogP contribution in [0.2, 0.25) is 0 Å². The molecule has 27 heavy (non-hydrogen) atoms. The van der Waals surface area contributed by atoms with Gasteiger partial charge in [-0.3, -0.25) is 0 Å². The van der Waals surface area contributed by atoms with E-state index in [9.17, 15) is 9.59 Å². The lowest BCUT2D eigenvalue weighted by Gasteiger charge is -2.38. The van der Waals surface area contributed by atoms with E-state index in [1.165, 1.54) is 0 Å². The Bertz CT molecular complexity index is 906. The Labute approximate surface area is 158 Å². The van der Waals surface area contributed by atoms with E-state index in [1.807, 2.05) is 25.1 Å². The molecule has 2 aromatic rings. The molecule has 1 spiro atoms. The number of furan rings is 1. The summed E-state index contributed by atoms with van der Waals surface area (Å²) in [5, 5.41) is 4.01. The van der Waals surface area contributed by atoms with E-state index < -0.39 is 5.60 Å². The van der Waals surface area contributed by atoms with Gasteiger partial charge in [-0.05, 0) is 31.4 Å². The van der Waals surface area contributed by atoms with Crippen molar-refractivity contribution in [1.82, 2.24) is 9.80 Å². The van der Waals surface area contributed by atoms with Gasteiger partial charge >= 0.3 is 12.1 Å². The number of nitrogens with one attached hydrogen (secondary N) is 1. The third kappa shape index (κ3) is 3.01. The van der Waals surface area contributed by atoms with Crippen molar-refractivity contribution in [2.45, 2.75) is 38.7 Å². The second-order valence-electron chi connectivity index (χ2n) is 7.55. The van der Waals surface area contributed by atoms with Gasteiger partial charge in [-0.2, -0.15) is 0 Å². The lowest BCUT2D eigenvalue weighted by atomic mass is 9.93. The predicted molar refractivity (Wildman–Crippen MR) is 102 cm³/mol. The Morgan fingerprint density at radius 3 is 2.85 bits per heavy atom. The molecular weight excluding hydrogens is 346 g/mol. The maximum atomic E-state index is 12.9. The molecule has 7 heteroatoms. The van der Waals surface area contributed by atoms with Crippen LogP contribution in [-0.2, 0) is 11.2 Å². The van der Waals surface area contributed by atoms with Crippen molar-refractivity contribution < 1.29 is 18.7 Å². The van der Waals surface area contributed by atoms with Gasteiger partial charge in [-0.1, -0.05) is 19.1 Å². The number of likely N-dealkylation sites (tertiary alicyclic amines) is 1. The third-order valence-corrected chi connectivity index (χ3v) is 5.59. The summed E-state index contributed by atoms with van der Waals surface area (Å²) in [5.41, 5.74) is 1.89. The second-order valence-corrected chi connectivity index (χ2v) is 7.55. The van der Waals surface area contributed by atoms with E-state index in [2.05, 4.69) is 12.2 Å². The number of hydrogen-bond acceptors (Lipinski definition) is 4. The number of fused-ring (bicyclic) bond motifs is 1. The minimum Gasteiger partial charge on any atom is -0.459 e. The monoisotopic (exact) mass is 371 g/mol. The normalized spacial score (nSPS) is 22.6. The zero-order valence-corrected chi connectivity index (χ0v) is 16.0. The smallest absolute Gasteiger partial charge is 0.410 e. The van der Waals surface area contributed by atoms with E-state index in [0.29, 0.717) is 30.9 Å². The number of aryl methyl sites for hydroxylation is 2. The molecule has 2 aliphatic heterocycles. The van der Waals surface area contributed by atoms with Gasteiger partial charge in [-0.15, -0.1) is 0 Å². The number of rotatable bonds is 2. The highest BCUT2D eigenvalue weighted by Gasteiger charge is 2.47. The SMILES string of the molecule is CCc1oc2c(NC(=O)N3CCC[C@@]4(CN(C)C(=O)O4)C3)cccc2c1C. The molecule has 3 amide bonds. The summed E-state index contributed by atoms with van der Waals surface area (Å²) in [6.07, 6.45) is 2.07. The van der Waals surface area contributed by atoms with Crippen molar-refractivity contribution in [1.29, 1.82) is 0 Å². The van der Waals surface area contributed by atoms with Crippen LogP contribution in [0.15, 0.2) is 22.6 Å². The number of hydrogen-bond donors (Lipinski definition) is 1. The molecule has 7 nitrogen and oxygen atoms in total. The maximum absolute atomic E-state index is 12.9. The highest BCUT2D eigenvalue weighted by molar-refractivity contribution is 6.00. The summed E-state index contributed by atoms with van der Waals surface area (Å²) < 4.78 is 11.6. The number of ether oxygens (including phenoxy) is 1. The molecule has 1 aromatic heterocycles. The first kappa shape index (κ1) is 17.7. The minimum absolute atomic E-state index is 0.195. The lowest BCUT2D eigenvalue weighted by Crippen LogP contribution is -2.53. The standard InChI is InChI=1S/C20H25N3O4/c1-4-16-13(2)14-7-5-8-15(17(14)26-16)21-18(24)23-10-6-9-20(12-23)11-22(3)19(25)27-20/h5,7-8H,4,6,9-12H2,1-3H3,(H,21,24)/t20-/m1/s1. The first-order valence-electron chi connectivity index (χ1n) is 9.43. The number of benzene rings is 1. The number of amides is 3. The van der Waals surface area contributed by atoms with Gasteiger partial charge in [-0.25, -0.2) is 9.59 Å². The number of piperidine rings is 1. The molecule has 0 radical (unpaired) electrons. The Kier molecular flexibility index (Phi) is 4.25. The van der Waals surface area contributed by atoms with Crippen LogP contribution in [0.1, 0.15) is 31.1 Å². The van der Waals surface area contributed by atoms with Crippen LogP contribution in [0.3, 0.4) is 0 Å². The average molecular weight is 371 g/mol. The highest BCUT2D eigenvalue weighted by atomic mass is 16.6. The van der Waals surface area contributed by atoms with Crippen molar-refractivity contribution in [2.24, 2.45) is 0 Å². The first-order valence-corrected chi connectivity index (χ1v) is 9.43. The minimum atomic E-state index is -0.593. The van der Waals surface area contributed by atoms with E-state index in [0.717, 1.165) is 36.0 Å². The van der Waals surface area contributed by atoms with Crippen LogP contribution >= 0.6 is 0 Å². The molecule has 1 N–H and O–H groups in total. The number of para-hydroxylation sites is 1. The second kappa shape index (κ2) is 6.48. The van der Waals surface area contributed by atoms with Crippen LogP contribution in [0, 0.1) is 6.92 Å². The van der Waals surface area contributed by atoms with Crippen LogP contribution in [0.25, 0.3) is 11.0 Å². The molecule has 0 aliphatic carbocycles. The van der Waals surface area contributed by atoms with E-state index in [4.69, 9.17) is 9.15 Å². The number of anilines is 1. The summed E-state index contributed by atoms with van der Waals surface area (Å²) >= 11 is 0. The van der Waals surface area contributed by atoms with Crippen LogP contribution in [0.4, 0.5) is 15.3 Å². The van der Waals surface area contributed by atoms with Crippen LogP contribution in [-0.4, -0.2) is 54.2 Å². The number of carbonyl (C=O) groups is 2. The van der Waals surface area contributed by atoms with Gasteiger partial charge in [0.15, 0.2) is 5.58 Å². The molecular formula is C20H25N3O4. The summed E-state index contributed by atoms with van der Waals surface area (Å²) in [7, 11) is 1.72. The van der Waals surface area contributed by atoms with Gasteiger partial charge in [0.2, 0.25) is 0 Å². The number of likely N-dealkylation sites (N-methyl/N-ethyl adjacent to an activating group) is 1. The highest BCUT2D eigenvalue weighted by Crippen LogP contribution is 2.33. The molecule has 3 heterocycles. The molecule has 144 valence electrons. The van der Waals surface area contributed by atoms with E-state index in [1.54, 1.807) is 16.8 Å². The van der Waals surface area contributed by atoms with Gasteiger partial charge in [0.1, 0.15) is 11.4 Å². The number of nitrogens with zero attached hydrogens (tertiary/aromatic N) is 2. The summed E-state index contributed by atoms with van der Waals surface area (Å²) in [5.74, 6) is 0.935. The Morgan fingerprint density at radius 1 is 1.33 bits per heavy atom. The largest absolute Gasteiger partial charge is 0.459 e. The van der Waals surface area contributed by atoms with Crippen LogP contribution in [0.5, 0.6) is 0 Å². The van der Waals surface area contributed by atoms with Crippen molar-refractivity contribution >= 4 is 28.8 Å². The lowest BCUT2D eigenvalue weighted by molar-refractivity contribution is 0.00497. The van der Waals surface area contributed by atoms with Gasteiger partial charge < -0.3 is 24.3 Å². The quantitative estimate of drug-likeness (QED) is 0.872. The molecule has 0 bridgehead atoms. The van der Waals surface area contributed by atoms with Crippen molar-refractivity contribution in [3.8, 4) is 0 Å². The van der Waals surface area contributed by atoms with Gasteiger partial charge in [0, 0.05) is 25.4 Å². The Hall–Kier alpha value is -2.70. The average Bonchev–Trinajstić information content (AvgIpc) is 3.12. The molecule has 0 saturated carbocycles. The van der Waals surface area contributed by atoms with Crippen molar-refractivity contribution in [2.75, 3.05) is 32.0 Å². The Balaban J connectivity index is 1.54. The zero-order valence-electron chi connectivity index (χ0n) is 16.0. The third-order valence-electron chi connectivity index (χ3n) is 5.59. The van der Waals surface area contributed by atoms with Crippen molar-refractivity contribution in [3.05, 3.63) is 29.5 Å². The molecule has 2 saturated heterocycles. The predicted octanol–water partition coefficient (Wildman–Crippen LogP) is 3.75.